The first-order valence-electron chi connectivity index (χ1n) is 6.94. The third-order valence-corrected chi connectivity index (χ3v) is 5.29. The van der Waals surface area contributed by atoms with E-state index in [4.69, 9.17) is 0 Å². The molecule has 1 fully saturated rings. The molecule has 1 unspecified atom stereocenters. The fourth-order valence-corrected chi connectivity index (χ4v) is 4.12. The minimum atomic E-state index is -2.90. The monoisotopic (exact) mass is 309 g/mol. The fraction of sp³-hybridized carbons (Fsp3) is 0.615. The van der Waals surface area contributed by atoms with Gasteiger partial charge in [-0.3, -0.25) is 0 Å². The molecule has 0 aromatic carbocycles. The molecule has 1 atom stereocenters. The topological polar surface area (TPSA) is 89.2 Å². The first-order valence-corrected chi connectivity index (χ1v) is 8.77. The van der Waals surface area contributed by atoms with Crippen LogP contribution < -0.4 is 5.32 Å². The number of anilines is 1. The summed E-state index contributed by atoms with van der Waals surface area (Å²) >= 11 is 0. The normalized spacial score (nSPS) is 21.8. The molecular weight excluding hydrogens is 290 g/mol. The molecule has 3 rings (SSSR count). The number of sulfone groups is 1. The van der Waals surface area contributed by atoms with E-state index in [1.165, 1.54) is 0 Å². The highest BCUT2D eigenvalue weighted by atomic mass is 32.2. The summed E-state index contributed by atoms with van der Waals surface area (Å²) in [7, 11) is -2.90. The van der Waals surface area contributed by atoms with Crippen LogP contribution in [0.3, 0.4) is 0 Å². The molecule has 3 heterocycles. The van der Waals surface area contributed by atoms with Gasteiger partial charge in [0.1, 0.15) is 5.82 Å². The summed E-state index contributed by atoms with van der Waals surface area (Å²) in [6, 6.07) is 3.57. The molecule has 2 aromatic heterocycles. The number of aromatic nitrogens is 4. The maximum absolute atomic E-state index is 11.5. The van der Waals surface area contributed by atoms with Gasteiger partial charge in [-0.2, -0.15) is 4.52 Å². The quantitative estimate of drug-likeness (QED) is 0.891. The van der Waals surface area contributed by atoms with Crippen LogP contribution in [0.5, 0.6) is 0 Å². The van der Waals surface area contributed by atoms with Crippen LogP contribution in [-0.4, -0.2) is 45.8 Å². The predicted octanol–water partition coefficient (Wildman–Crippen LogP) is 1.02. The molecule has 2 aromatic rings. The van der Waals surface area contributed by atoms with E-state index in [-0.39, 0.29) is 23.0 Å². The van der Waals surface area contributed by atoms with Crippen molar-refractivity contribution >= 4 is 21.3 Å². The van der Waals surface area contributed by atoms with Crippen molar-refractivity contribution in [1.29, 1.82) is 0 Å². The number of nitrogens with one attached hydrogen (secondary N) is 1. The second-order valence-electron chi connectivity index (χ2n) is 6.51. The van der Waals surface area contributed by atoms with Crippen molar-refractivity contribution in [2.45, 2.75) is 38.6 Å². The number of fused-ring (bicyclic) bond motifs is 1. The van der Waals surface area contributed by atoms with E-state index in [2.05, 4.69) is 41.4 Å². The van der Waals surface area contributed by atoms with Crippen molar-refractivity contribution in [3.8, 4) is 0 Å². The highest BCUT2D eigenvalue weighted by Gasteiger charge is 2.28. The van der Waals surface area contributed by atoms with Crippen molar-refractivity contribution in [2.75, 3.05) is 16.8 Å². The van der Waals surface area contributed by atoms with Crippen molar-refractivity contribution in [2.24, 2.45) is 0 Å². The second kappa shape index (κ2) is 4.66. The number of hydrogen-bond acceptors (Lipinski definition) is 6. The van der Waals surface area contributed by atoms with Crippen molar-refractivity contribution < 1.29 is 8.42 Å². The van der Waals surface area contributed by atoms with E-state index in [1.54, 1.807) is 10.6 Å². The lowest BCUT2D eigenvalue weighted by Crippen LogP contribution is -2.22. The van der Waals surface area contributed by atoms with Gasteiger partial charge in [-0.1, -0.05) is 20.8 Å². The summed E-state index contributed by atoms with van der Waals surface area (Å²) in [5.74, 6) is 1.84. The molecule has 1 aliphatic rings. The van der Waals surface area contributed by atoms with Gasteiger partial charge in [-0.15, -0.1) is 15.3 Å². The summed E-state index contributed by atoms with van der Waals surface area (Å²) < 4.78 is 24.7. The molecule has 1 aliphatic heterocycles. The van der Waals surface area contributed by atoms with Gasteiger partial charge in [0.15, 0.2) is 21.3 Å². The van der Waals surface area contributed by atoms with Crippen LogP contribution in [0.1, 0.15) is 33.0 Å². The van der Waals surface area contributed by atoms with Crippen molar-refractivity contribution in [3.05, 3.63) is 18.0 Å². The molecule has 8 heteroatoms. The summed E-state index contributed by atoms with van der Waals surface area (Å²) in [6.45, 7) is 6.15. The number of nitrogens with zero attached hydrogens (tertiary/aromatic N) is 4. The van der Waals surface area contributed by atoms with Crippen LogP contribution in [0.2, 0.25) is 0 Å². The van der Waals surface area contributed by atoms with E-state index < -0.39 is 9.84 Å². The molecule has 21 heavy (non-hydrogen) atoms. The Morgan fingerprint density at radius 3 is 2.67 bits per heavy atom. The molecular formula is C13H19N5O2S. The summed E-state index contributed by atoms with van der Waals surface area (Å²) in [4.78, 5) is 0. The molecule has 114 valence electrons. The predicted molar refractivity (Wildman–Crippen MR) is 80.2 cm³/mol. The highest BCUT2D eigenvalue weighted by molar-refractivity contribution is 7.91. The Bertz CT molecular complexity index is 775. The molecule has 0 aliphatic carbocycles. The average molecular weight is 309 g/mol. The molecule has 0 saturated carbocycles. The lowest BCUT2D eigenvalue weighted by Gasteiger charge is -2.16. The fourth-order valence-electron chi connectivity index (χ4n) is 2.45. The van der Waals surface area contributed by atoms with Crippen LogP contribution in [0.4, 0.5) is 5.82 Å². The Labute approximate surface area is 123 Å². The van der Waals surface area contributed by atoms with Gasteiger partial charge >= 0.3 is 0 Å². The van der Waals surface area contributed by atoms with E-state index in [9.17, 15) is 8.42 Å². The van der Waals surface area contributed by atoms with Gasteiger partial charge < -0.3 is 5.32 Å². The van der Waals surface area contributed by atoms with Crippen LogP contribution in [0.25, 0.3) is 5.65 Å². The van der Waals surface area contributed by atoms with Crippen molar-refractivity contribution in [3.63, 3.8) is 0 Å². The molecule has 0 spiro atoms. The van der Waals surface area contributed by atoms with Gasteiger partial charge in [0.25, 0.3) is 0 Å². The zero-order chi connectivity index (χ0) is 15.3. The Balaban J connectivity index is 1.90. The standard InChI is InChI=1S/C13H19N5O2S/c1-13(2,3)12-16-15-11-5-4-10(17-18(11)12)14-9-6-7-21(19,20)8-9/h4-5,9H,6-8H2,1-3H3,(H,14,17). The van der Waals surface area contributed by atoms with Gasteiger partial charge in [0, 0.05) is 11.5 Å². The second-order valence-corrected chi connectivity index (χ2v) is 8.74. The third-order valence-electron chi connectivity index (χ3n) is 3.52. The largest absolute Gasteiger partial charge is 0.365 e. The van der Waals surface area contributed by atoms with Crippen LogP contribution in [0, 0.1) is 0 Å². The minimum absolute atomic E-state index is 0.0745. The van der Waals surface area contributed by atoms with Gasteiger partial charge in [-0.05, 0) is 18.6 Å². The van der Waals surface area contributed by atoms with Crippen LogP contribution >= 0.6 is 0 Å². The average Bonchev–Trinajstić information content (AvgIpc) is 2.91. The first-order chi connectivity index (χ1) is 9.74. The molecule has 7 nitrogen and oxygen atoms in total. The highest BCUT2D eigenvalue weighted by Crippen LogP contribution is 2.21. The Kier molecular flexibility index (Phi) is 3.16. The lowest BCUT2D eigenvalue weighted by atomic mass is 9.96. The van der Waals surface area contributed by atoms with Gasteiger partial charge in [-0.25, -0.2) is 8.42 Å². The van der Waals surface area contributed by atoms with E-state index in [1.807, 2.05) is 6.07 Å². The molecule has 1 saturated heterocycles. The molecule has 1 N–H and O–H groups in total. The van der Waals surface area contributed by atoms with Crippen LogP contribution in [0.15, 0.2) is 12.1 Å². The third kappa shape index (κ3) is 2.85. The number of hydrogen-bond donors (Lipinski definition) is 1. The Hall–Kier alpha value is -1.70. The van der Waals surface area contributed by atoms with Gasteiger partial charge in [0.05, 0.1) is 11.5 Å². The Morgan fingerprint density at radius 1 is 1.29 bits per heavy atom. The zero-order valence-electron chi connectivity index (χ0n) is 12.4. The van der Waals surface area contributed by atoms with E-state index in [0.717, 1.165) is 5.82 Å². The smallest absolute Gasteiger partial charge is 0.178 e. The molecule has 0 radical (unpaired) electrons. The maximum Gasteiger partial charge on any atom is 0.178 e. The maximum atomic E-state index is 11.5. The van der Waals surface area contributed by atoms with E-state index in [0.29, 0.717) is 17.9 Å². The SMILES string of the molecule is CC(C)(C)c1nnc2ccc(NC3CCS(=O)(=O)C3)nn12. The van der Waals surface area contributed by atoms with E-state index >= 15 is 0 Å². The molecule has 0 bridgehead atoms. The lowest BCUT2D eigenvalue weighted by molar-refractivity contribution is 0.527. The van der Waals surface area contributed by atoms with Gasteiger partial charge in [0.2, 0.25) is 0 Å². The first kappa shape index (κ1) is 14.2. The summed E-state index contributed by atoms with van der Waals surface area (Å²) in [6.07, 6.45) is 0.621. The van der Waals surface area contributed by atoms with Crippen LogP contribution in [-0.2, 0) is 15.3 Å². The summed E-state index contributed by atoms with van der Waals surface area (Å²) in [5.41, 5.74) is 0.520. The minimum Gasteiger partial charge on any atom is -0.365 e. The summed E-state index contributed by atoms with van der Waals surface area (Å²) in [5, 5.41) is 16.0. The zero-order valence-corrected chi connectivity index (χ0v) is 13.2. The van der Waals surface area contributed by atoms with Crippen molar-refractivity contribution in [1.82, 2.24) is 19.8 Å². The molecule has 0 amide bonds. The Morgan fingerprint density at radius 2 is 2.05 bits per heavy atom. The number of rotatable bonds is 2.